The number of nitrogens with one attached hydrogen (secondary N) is 1. The van der Waals surface area contributed by atoms with Gasteiger partial charge in [0, 0.05) is 32.1 Å². The summed E-state index contributed by atoms with van der Waals surface area (Å²) in [5, 5.41) is 8.43. The Morgan fingerprint density at radius 2 is 2.04 bits per heavy atom. The first-order chi connectivity index (χ1) is 13.1. The molecule has 1 saturated heterocycles. The largest absolute Gasteiger partial charge is 0.446 e. The average molecular weight is 368 g/mol. The number of para-hydroxylation sites is 1. The van der Waals surface area contributed by atoms with Crippen LogP contribution in [0, 0.1) is 19.8 Å². The molecule has 3 aromatic rings. The summed E-state index contributed by atoms with van der Waals surface area (Å²) >= 11 is 0. The van der Waals surface area contributed by atoms with Crippen molar-refractivity contribution in [1.29, 1.82) is 0 Å². The quantitative estimate of drug-likeness (QED) is 0.749. The Labute approximate surface area is 157 Å². The van der Waals surface area contributed by atoms with Crippen molar-refractivity contribution in [3.05, 3.63) is 47.3 Å². The predicted octanol–water partition coefficient (Wildman–Crippen LogP) is 3.00. The van der Waals surface area contributed by atoms with Crippen LogP contribution in [0.4, 0.5) is 0 Å². The summed E-state index contributed by atoms with van der Waals surface area (Å²) in [7, 11) is 0. The molecule has 7 heteroatoms. The van der Waals surface area contributed by atoms with Crippen LogP contribution in [0.3, 0.4) is 0 Å². The van der Waals surface area contributed by atoms with Crippen molar-refractivity contribution in [3.8, 4) is 0 Å². The Balaban J connectivity index is 1.55. The number of rotatable bonds is 5. The fraction of sp³-hybridized carbons (Fsp3) is 0.450. The predicted molar refractivity (Wildman–Crippen MR) is 100 cm³/mol. The summed E-state index contributed by atoms with van der Waals surface area (Å²) in [4.78, 5) is 17.1. The molecule has 0 atom stereocenters. The molecule has 1 aliphatic rings. The van der Waals surface area contributed by atoms with Gasteiger partial charge in [0.15, 0.2) is 11.6 Å². The normalized spacial score (nSPS) is 15.3. The molecule has 0 bridgehead atoms. The number of nitrogens with zero attached hydrogens (tertiary/aromatic N) is 3. The Bertz CT molecular complexity index is 953. The van der Waals surface area contributed by atoms with E-state index in [1.54, 1.807) is 6.92 Å². The second-order valence-electron chi connectivity index (χ2n) is 7.02. The third-order valence-electron chi connectivity index (χ3n) is 5.06. The van der Waals surface area contributed by atoms with Gasteiger partial charge in [-0.2, -0.15) is 5.10 Å². The summed E-state index contributed by atoms with van der Waals surface area (Å²) in [6.07, 6.45) is 2.06. The molecule has 4 rings (SSSR count). The van der Waals surface area contributed by atoms with Gasteiger partial charge >= 0.3 is 0 Å². The Kier molecular flexibility index (Phi) is 4.94. The Morgan fingerprint density at radius 1 is 1.26 bits per heavy atom. The van der Waals surface area contributed by atoms with Gasteiger partial charge in [0.1, 0.15) is 11.5 Å². The summed E-state index contributed by atoms with van der Waals surface area (Å²) in [6.45, 7) is 6.37. The first kappa shape index (κ1) is 17.7. The first-order valence-electron chi connectivity index (χ1n) is 9.36. The molecule has 1 aliphatic heterocycles. The molecule has 1 N–H and O–H groups in total. The minimum atomic E-state index is -0.197. The van der Waals surface area contributed by atoms with Crippen LogP contribution in [-0.2, 0) is 17.8 Å². The Morgan fingerprint density at radius 3 is 2.78 bits per heavy atom. The number of carbonyl (C=O) groups is 1. The van der Waals surface area contributed by atoms with Gasteiger partial charge in [-0.05, 0) is 31.7 Å². The van der Waals surface area contributed by atoms with Crippen LogP contribution >= 0.6 is 0 Å². The average Bonchev–Trinajstić information content (AvgIpc) is 3.20. The zero-order valence-corrected chi connectivity index (χ0v) is 15.7. The lowest BCUT2D eigenvalue weighted by Crippen LogP contribution is -2.25. The smallest absolute Gasteiger partial charge is 0.272 e. The highest BCUT2D eigenvalue weighted by Crippen LogP contribution is 2.23. The molecule has 1 amide bonds. The molecular weight excluding hydrogens is 344 g/mol. The molecule has 2 aromatic heterocycles. The van der Waals surface area contributed by atoms with Crippen molar-refractivity contribution in [2.75, 3.05) is 13.2 Å². The van der Waals surface area contributed by atoms with Crippen LogP contribution < -0.4 is 5.32 Å². The Hall–Kier alpha value is -2.67. The number of amides is 1. The second kappa shape index (κ2) is 7.52. The number of aromatic nitrogens is 3. The van der Waals surface area contributed by atoms with E-state index in [2.05, 4.69) is 15.4 Å². The standard InChI is InChI=1S/C20H24N4O3/c1-13-17(22-14(2)27-13)11-21-20(25)19-16-5-3-4-6-18(16)24(23-19)12-15-7-9-26-10-8-15/h3-6,15H,7-12H2,1-2H3,(H,21,25). The minimum absolute atomic E-state index is 0.197. The van der Waals surface area contributed by atoms with Crippen LogP contribution in [0.2, 0.25) is 0 Å². The van der Waals surface area contributed by atoms with Crippen LogP contribution in [0.1, 0.15) is 40.7 Å². The van der Waals surface area contributed by atoms with E-state index in [0.717, 1.165) is 55.0 Å². The molecule has 1 fully saturated rings. The van der Waals surface area contributed by atoms with Gasteiger partial charge in [-0.1, -0.05) is 18.2 Å². The molecular formula is C20H24N4O3. The molecule has 0 aliphatic carbocycles. The fourth-order valence-electron chi connectivity index (χ4n) is 3.59. The highest BCUT2D eigenvalue weighted by molar-refractivity contribution is 6.04. The maximum Gasteiger partial charge on any atom is 0.272 e. The molecule has 0 spiro atoms. The maximum atomic E-state index is 12.8. The molecule has 27 heavy (non-hydrogen) atoms. The number of ether oxygens (including phenoxy) is 1. The van der Waals surface area contributed by atoms with E-state index in [0.29, 0.717) is 24.0 Å². The van der Waals surface area contributed by atoms with Gasteiger partial charge in [0.25, 0.3) is 5.91 Å². The van der Waals surface area contributed by atoms with Gasteiger partial charge in [-0.15, -0.1) is 0 Å². The number of fused-ring (bicyclic) bond motifs is 1. The van der Waals surface area contributed by atoms with Crippen molar-refractivity contribution < 1.29 is 13.9 Å². The zero-order chi connectivity index (χ0) is 18.8. The second-order valence-corrected chi connectivity index (χ2v) is 7.02. The molecule has 1 aromatic carbocycles. The van der Waals surface area contributed by atoms with Crippen molar-refractivity contribution in [2.24, 2.45) is 5.92 Å². The molecule has 0 unspecified atom stereocenters. The third kappa shape index (κ3) is 3.73. The number of hydrogen-bond acceptors (Lipinski definition) is 5. The summed E-state index contributed by atoms with van der Waals surface area (Å²) in [5.41, 5.74) is 2.19. The molecule has 142 valence electrons. The van der Waals surface area contributed by atoms with Crippen molar-refractivity contribution in [2.45, 2.75) is 39.8 Å². The lowest BCUT2D eigenvalue weighted by Gasteiger charge is -2.22. The van der Waals surface area contributed by atoms with Crippen molar-refractivity contribution in [3.63, 3.8) is 0 Å². The lowest BCUT2D eigenvalue weighted by atomic mass is 10.0. The first-order valence-corrected chi connectivity index (χ1v) is 9.36. The third-order valence-corrected chi connectivity index (χ3v) is 5.06. The fourth-order valence-corrected chi connectivity index (χ4v) is 3.59. The zero-order valence-electron chi connectivity index (χ0n) is 15.7. The minimum Gasteiger partial charge on any atom is -0.446 e. The van der Waals surface area contributed by atoms with E-state index in [-0.39, 0.29) is 5.91 Å². The van der Waals surface area contributed by atoms with E-state index in [9.17, 15) is 4.79 Å². The summed E-state index contributed by atoms with van der Waals surface area (Å²) in [5.74, 6) is 1.65. The highest BCUT2D eigenvalue weighted by atomic mass is 16.5. The lowest BCUT2D eigenvalue weighted by molar-refractivity contribution is 0.0604. The van der Waals surface area contributed by atoms with E-state index in [4.69, 9.17) is 9.15 Å². The van der Waals surface area contributed by atoms with Crippen molar-refractivity contribution >= 4 is 16.8 Å². The molecule has 0 radical (unpaired) electrons. The van der Waals surface area contributed by atoms with Crippen LogP contribution in [-0.4, -0.2) is 33.9 Å². The van der Waals surface area contributed by atoms with E-state index >= 15 is 0 Å². The summed E-state index contributed by atoms with van der Waals surface area (Å²) < 4.78 is 12.8. The van der Waals surface area contributed by atoms with Gasteiger partial charge in [-0.3, -0.25) is 9.48 Å². The molecule has 0 saturated carbocycles. The number of aryl methyl sites for hydroxylation is 2. The van der Waals surface area contributed by atoms with Crippen LogP contribution in [0.25, 0.3) is 10.9 Å². The van der Waals surface area contributed by atoms with Crippen LogP contribution in [0.15, 0.2) is 28.7 Å². The number of oxazole rings is 1. The SMILES string of the molecule is Cc1nc(CNC(=O)c2nn(CC3CCOCC3)c3ccccc23)c(C)o1. The molecule has 7 nitrogen and oxygen atoms in total. The number of hydrogen-bond donors (Lipinski definition) is 1. The van der Waals surface area contributed by atoms with Gasteiger partial charge in [0.2, 0.25) is 0 Å². The number of benzene rings is 1. The van der Waals surface area contributed by atoms with Crippen molar-refractivity contribution in [1.82, 2.24) is 20.1 Å². The van der Waals surface area contributed by atoms with E-state index < -0.39 is 0 Å². The van der Waals surface area contributed by atoms with Gasteiger partial charge < -0.3 is 14.5 Å². The number of carbonyl (C=O) groups excluding carboxylic acids is 1. The van der Waals surface area contributed by atoms with Gasteiger partial charge in [-0.25, -0.2) is 4.98 Å². The maximum absolute atomic E-state index is 12.8. The monoisotopic (exact) mass is 368 g/mol. The molecule has 3 heterocycles. The van der Waals surface area contributed by atoms with E-state index in [1.165, 1.54) is 0 Å². The summed E-state index contributed by atoms with van der Waals surface area (Å²) in [6, 6.07) is 7.88. The van der Waals surface area contributed by atoms with E-state index in [1.807, 2.05) is 35.9 Å². The van der Waals surface area contributed by atoms with Gasteiger partial charge in [0.05, 0.1) is 12.1 Å². The van der Waals surface area contributed by atoms with Crippen LogP contribution in [0.5, 0.6) is 0 Å². The topological polar surface area (TPSA) is 82.2 Å². The highest BCUT2D eigenvalue weighted by Gasteiger charge is 2.21.